The number of methoxy groups -OCH3 is 1. The second kappa shape index (κ2) is 11.2. The van der Waals surface area contributed by atoms with Crippen LogP contribution in [0.1, 0.15) is 68.8 Å². The second-order valence-corrected chi connectivity index (χ2v) is 12.7. The number of esters is 1. The van der Waals surface area contributed by atoms with Crippen molar-refractivity contribution in [3.63, 3.8) is 0 Å². The van der Waals surface area contributed by atoms with Gasteiger partial charge in [-0.3, -0.25) is 9.69 Å². The minimum Gasteiger partial charge on any atom is -0.467 e. The van der Waals surface area contributed by atoms with E-state index in [1.54, 1.807) is 4.90 Å². The first-order chi connectivity index (χ1) is 18.6. The number of ether oxygens (including phenoxy) is 2. The zero-order valence-electron chi connectivity index (χ0n) is 23.2. The van der Waals surface area contributed by atoms with Gasteiger partial charge in [0.25, 0.3) is 0 Å². The Balaban J connectivity index is 1.44. The highest BCUT2D eigenvalue weighted by molar-refractivity contribution is 7.13. The van der Waals surface area contributed by atoms with Crippen molar-refractivity contribution in [3.05, 3.63) is 46.0 Å². The third kappa shape index (κ3) is 5.90. The molecule has 5 rings (SSSR count). The highest BCUT2D eigenvalue weighted by Gasteiger charge is 2.46. The normalized spacial score (nSPS) is 24.3. The molecule has 0 unspecified atom stereocenters. The summed E-state index contributed by atoms with van der Waals surface area (Å²) in [6, 6.07) is 4.84. The average Bonchev–Trinajstić information content (AvgIpc) is 3.63. The second-order valence-electron chi connectivity index (χ2n) is 11.8. The molecule has 1 aromatic carbocycles. The molecular weight excluding hydrogens is 516 g/mol. The van der Waals surface area contributed by atoms with Crippen molar-refractivity contribution < 1.29 is 23.9 Å². The van der Waals surface area contributed by atoms with E-state index in [9.17, 15) is 14.4 Å². The fourth-order valence-corrected chi connectivity index (χ4v) is 6.56. The van der Waals surface area contributed by atoms with Crippen molar-refractivity contribution in [1.29, 1.82) is 0 Å². The summed E-state index contributed by atoms with van der Waals surface area (Å²) in [5.41, 5.74) is 4.21. The third-order valence-corrected chi connectivity index (χ3v) is 8.76. The number of hydrogen-bond acceptors (Lipinski definition) is 8. The summed E-state index contributed by atoms with van der Waals surface area (Å²) >= 11 is 1.49. The van der Waals surface area contributed by atoms with E-state index in [4.69, 9.17) is 14.5 Å². The molecule has 1 N–H and O–H groups in total. The summed E-state index contributed by atoms with van der Waals surface area (Å²) in [5, 5.41) is 6.09. The van der Waals surface area contributed by atoms with Crippen molar-refractivity contribution in [3.8, 4) is 0 Å². The van der Waals surface area contributed by atoms with E-state index < -0.39 is 35.7 Å². The monoisotopic (exact) mass is 554 g/mol. The van der Waals surface area contributed by atoms with Crippen molar-refractivity contribution in [2.75, 3.05) is 19.0 Å². The lowest BCUT2D eigenvalue weighted by Gasteiger charge is -2.35. The largest absolute Gasteiger partial charge is 0.467 e. The number of aryl methyl sites for hydroxylation is 2. The molecule has 10 heteroatoms. The van der Waals surface area contributed by atoms with Crippen LogP contribution in [0.5, 0.6) is 0 Å². The number of rotatable bonds is 1. The first-order valence-corrected chi connectivity index (χ1v) is 14.7. The number of hydrogen-bond donors (Lipinski definition) is 1. The van der Waals surface area contributed by atoms with Gasteiger partial charge in [-0.05, 0) is 47.8 Å². The molecule has 0 saturated carbocycles. The molecule has 0 radical (unpaired) electrons. The Kier molecular flexibility index (Phi) is 7.84. The number of fused-ring (bicyclic) bond motifs is 5. The molecule has 6 bridgehead atoms. The fraction of sp³-hybridized carbons (Fsp3) is 0.586. The number of nitrogens with one attached hydrogen (secondary N) is 1. The van der Waals surface area contributed by atoms with E-state index in [-0.39, 0.29) is 18.9 Å². The number of anilines is 1. The van der Waals surface area contributed by atoms with Gasteiger partial charge in [0.2, 0.25) is 5.91 Å². The lowest BCUT2D eigenvalue weighted by Crippen LogP contribution is -2.52. The summed E-state index contributed by atoms with van der Waals surface area (Å²) in [7, 11) is 1.31. The predicted molar refractivity (Wildman–Crippen MR) is 148 cm³/mol. The van der Waals surface area contributed by atoms with Gasteiger partial charge in [-0.25, -0.2) is 14.6 Å². The van der Waals surface area contributed by atoms with E-state index in [0.29, 0.717) is 18.2 Å². The average molecular weight is 555 g/mol. The quantitative estimate of drug-likeness (QED) is 0.517. The van der Waals surface area contributed by atoms with Crippen LogP contribution in [0.15, 0.2) is 23.6 Å². The maximum atomic E-state index is 14.0. The lowest BCUT2D eigenvalue weighted by molar-refractivity contribution is -0.151. The highest BCUT2D eigenvalue weighted by atomic mass is 32.1. The smallest absolute Gasteiger partial charge is 0.410 e. The molecule has 4 heterocycles. The Hall–Kier alpha value is -3.14. The van der Waals surface area contributed by atoms with Gasteiger partial charge in [0.05, 0.1) is 19.3 Å². The minimum absolute atomic E-state index is 0.133. The number of carbonyl (C=O) groups excluding carboxylic acids is 3. The predicted octanol–water partition coefficient (Wildman–Crippen LogP) is 4.53. The molecular formula is C29H38N4O5S. The molecule has 1 aromatic heterocycles. The summed E-state index contributed by atoms with van der Waals surface area (Å²) in [5.74, 6) is -0.747. The molecule has 210 valence electrons. The van der Waals surface area contributed by atoms with E-state index in [2.05, 4.69) is 28.9 Å². The first kappa shape index (κ1) is 27.4. The van der Waals surface area contributed by atoms with Gasteiger partial charge < -0.3 is 19.7 Å². The topological polar surface area (TPSA) is 101 Å². The first-order valence-electron chi connectivity index (χ1n) is 13.8. The Morgan fingerprint density at radius 2 is 1.90 bits per heavy atom. The van der Waals surface area contributed by atoms with E-state index in [1.165, 1.54) is 34.5 Å². The Bertz CT molecular complexity index is 1240. The van der Waals surface area contributed by atoms with E-state index in [1.807, 2.05) is 20.8 Å². The molecule has 3 aliphatic heterocycles. The maximum absolute atomic E-state index is 14.0. The molecule has 1 saturated heterocycles. The van der Waals surface area contributed by atoms with Crippen molar-refractivity contribution >= 4 is 34.4 Å². The molecule has 9 nitrogen and oxygen atoms in total. The zero-order chi connectivity index (χ0) is 27.7. The fourth-order valence-electron chi connectivity index (χ4n) is 5.78. The number of aromatic nitrogens is 1. The van der Waals surface area contributed by atoms with Crippen LogP contribution in [0.25, 0.3) is 0 Å². The van der Waals surface area contributed by atoms with Gasteiger partial charge in [0.15, 0.2) is 5.13 Å². The summed E-state index contributed by atoms with van der Waals surface area (Å²) in [6.45, 7) is 7.09. The van der Waals surface area contributed by atoms with Crippen LogP contribution in [0.4, 0.5) is 9.93 Å². The van der Waals surface area contributed by atoms with Crippen molar-refractivity contribution in [2.24, 2.45) is 5.41 Å². The number of nitrogens with zero attached hydrogens (tertiary/aromatic N) is 3. The number of amides is 2. The van der Waals surface area contributed by atoms with Crippen molar-refractivity contribution in [2.45, 2.75) is 90.6 Å². The Labute approximate surface area is 233 Å². The molecule has 2 amide bonds. The Morgan fingerprint density at radius 3 is 2.67 bits per heavy atom. The zero-order valence-corrected chi connectivity index (χ0v) is 24.0. The number of thiazole rings is 1. The summed E-state index contributed by atoms with van der Waals surface area (Å²) < 4.78 is 10.9. The van der Waals surface area contributed by atoms with Gasteiger partial charge in [-0.2, -0.15) is 0 Å². The van der Waals surface area contributed by atoms with Gasteiger partial charge in [0.1, 0.15) is 18.2 Å². The van der Waals surface area contributed by atoms with Crippen LogP contribution in [-0.4, -0.2) is 64.6 Å². The molecule has 39 heavy (non-hydrogen) atoms. The highest BCUT2D eigenvalue weighted by Crippen LogP contribution is 2.32. The van der Waals surface area contributed by atoms with Crippen molar-refractivity contribution in [1.82, 2.24) is 14.8 Å². The number of benzene rings is 1. The van der Waals surface area contributed by atoms with Crippen LogP contribution >= 0.6 is 11.3 Å². The summed E-state index contributed by atoms with van der Waals surface area (Å²) in [4.78, 5) is 47.9. The van der Waals surface area contributed by atoms with Gasteiger partial charge in [-0.15, -0.1) is 11.3 Å². The van der Waals surface area contributed by atoms with Crippen LogP contribution in [0.2, 0.25) is 0 Å². The third-order valence-electron chi connectivity index (χ3n) is 7.94. The van der Waals surface area contributed by atoms with Crippen LogP contribution in [-0.2, 0) is 45.0 Å². The Morgan fingerprint density at radius 1 is 1.13 bits per heavy atom. The lowest BCUT2D eigenvalue weighted by atomic mass is 9.85. The molecule has 0 aliphatic carbocycles. The van der Waals surface area contributed by atoms with Gasteiger partial charge in [0, 0.05) is 24.9 Å². The SMILES string of the molecule is COC(=O)[C@@H]1C[C@@H]2CN1C(=O)[C@H](C(C)(C)C)Nc1nc(cs1)CCCCCc1cccc3c1CN(C3)C(=O)O2. The van der Waals surface area contributed by atoms with Gasteiger partial charge in [-0.1, -0.05) is 45.4 Å². The standard InChI is InChI=1S/C29H38N4O5S/c1-29(2,3)24-25(34)33-15-21(13-23(33)26(35)37-4)38-28(36)32-14-19-11-8-10-18(22(19)16-32)9-6-5-7-12-20-17-39-27(30-20)31-24/h8,10-11,17,21,23-24H,5-7,9,12-16H2,1-4H3,(H,30,31)/t21-,23+,24-/m1/s1. The molecule has 2 aromatic rings. The molecule has 0 spiro atoms. The minimum atomic E-state index is -0.824. The molecule has 1 fully saturated rings. The van der Waals surface area contributed by atoms with Crippen LogP contribution < -0.4 is 5.32 Å². The molecule has 3 aliphatic rings. The van der Waals surface area contributed by atoms with Crippen LogP contribution in [0, 0.1) is 5.41 Å². The van der Waals surface area contributed by atoms with E-state index in [0.717, 1.165) is 43.4 Å². The van der Waals surface area contributed by atoms with E-state index >= 15 is 0 Å². The number of carbonyl (C=O) groups is 3. The summed E-state index contributed by atoms with van der Waals surface area (Å²) in [6.07, 6.45) is 4.24. The molecule has 3 atom stereocenters. The maximum Gasteiger partial charge on any atom is 0.410 e. The van der Waals surface area contributed by atoms with Crippen LogP contribution in [0.3, 0.4) is 0 Å². The van der Waals surface area contributed by atoms with Gasteiger partial charge >= 0.3 is 12.1 Å².